The van der Waals surface area contributed by atoms with Crippen molar-refractivity contribution < 1.29 is 9.53 Å². The average molecular weight is 324 g/mol. The van der Waals surface area contributed by atoms with Gasteiger partial charge in [0.15, 0.2) is 4.71 Å². The average Bonchev–Trinajstić information content (AvgIpc) is 2.30. The van der Waals surface area contributed by atoms with Crippen molar-refractivity contribution in [1.82, 2.24) is 0 Å². The molecule has 0 spiro atoms. The van der Waals surface area contributed by atoms with Crippen LogP contribution in [0.1, 0.15) is 5.56 Å². The van der Waals surface area contributed by atoms with Gasteiger partial charge in [-0.25, -0.2) is 4.79 Å². The van der Waals surface area contributed by atoms with Crippen molar-refractivity contribution in [3.8, 4) is 0 Å². The molecule has 0 aliphatic rings. The summed E-state index contributed by atoms with van der Waals surface area (Å²) in [6.45, 7) is 0. The van der Waals surface area contributed by atoms with Gasteiger partial charge in [0.1, 0.15) is 0 Å². The molecular formula is C11H12BrClO2S. The first-order valence-corrected chi connectivity index (χ1v) is 7.00. The number of carbonyl (C=O) groups is 1. The van der Waals surface area contributed by atoms with Gasteiger partial charge in [-0.3, -0.25) is 0 Å². The third-order valence-electron chi connectivity index (χ3n) is 1.98. The lowest BCUT2D eigenvalue weighted by Crippen LogP contribution is -2.13. The molecule has 0 saturated carbocycles. The minimum atomic E-state index is -0.618. The number of alkyl halides is 1. The maximum Gasteiger partial charge on any atom is 0.334 e. The second kappa shape index (κ2) is 7.20. The van der Waals surface area contributed by atoms with Crippen molar-refractivity contribution >= 4 is 45.3 Å². The molecule has 0 fully saturated rings. The molecule has 5 heteroatoms. The Labute approximate surface area is 113 Å². The minimum absolute atomic E-state index is 0.390. The molecule has 1 unspecified atom stereocenters. The maximum absolute atomic E-state index is 11.0. The van der Waals surface area contributed by atoms with Crippen LogP contribution in [0.25, 0.3) is 0 Å². The molecule has 0 saturated heterocycles. The largest absolute Gasteiger partial charge is 0.467 e. The first kappa shape index (κ1) is 13.9. The Balaban J connectivity index is 2.36. The molecular weight excluding hydrogens is 312 g/mol. The van der Waals surface area contributed by atoms with Crippen LogP contribution in [-0.4, -0.2) is 23.5 Å². The van der Waals surface area contributed by atoms with Gasteiger partial charge in [0, 0.05) is 4.47 Å². The molecule has 2 nitrogen and oxygen atoms in total. The smallest absolute Gasteiger partial charge is 0.334 e. The highest BCUT2D eigenvalue weighted by Crippen LogP contribution is 2.21. The maximum atomic E-state index is 11.0. The number of methoxy groups -OCH3 is 1. The number of aryl methyl sites for hydroxylation is 1. The number of ether oxygens (including phenoxy) is 1. The van der Waals surface area contributed by atoms with Gasteiger partial charge in [-0.05, 0) is 23.8 Å². The second-order valence-electron chi connectivity index (χ2n) is 3.05. The molecule has 1 aromatic carbocycles. The van der Waals surface area contributed by atoms with Gasteiger partial charge in [0.25, 0.3) is 0 Å². The number of hydrogen-bond acceptors (Lipinski definition) is 3. The molecule has 0 aliphatic heterocycles. The van der Waals surface area contributed by atoms with Gasteiger partial charge in [-0.2, -0.15) is 0 Å². The van der Waals surface area contributed by atoms with Gasteiger partial charge < -0.3 is 4.74 Å². The third kappa shape index (κ3) is 4.36. The molecule has 1 atom stereocenters. The predicted molar refractivity (Wildman–Crippen MR) is 72.0 cm³/mol. The Kier molecular flexibility index (Phi) is 6.24. The minimum Gasteiger partial charge on any atom is -0.467 e. The number of carbonyl (C=O) groups excluding carboxylic acids is 1. The van der Waals surface area contributed by atoms with E-state index in [2.05, 4.69) is 20.7 Å². The van der Waals surface area contributed by atoms with E-state index in [1.54, 1.807) is 0 Å². The van der Waals surface area contributed by atoms with Crippen molar-refractivity contribution in [3.63, 3.8) is 0 Å². The zero-order valence-corrected chi connectivity index (χ0v) is 11.9. The second-order valence-corrected chi connectivity index (χ2v) is 5.81. The predicted octanol–water partition coefficient (Wildman–Crippen LogP) is 3.46. The number of hydrogen-bond donors (Lipinski definition) is 0. The van der Waals surface area contributed by atoms with E-state index >= 15 is 0 Å². The molecule has 1 aromatic rings. The van der Waals surface area contributed by atoms with E-state index in [1.165, 1.54) is 24.4 Å². The lowest BCUT2D eigenvalue weighted by molar-refractivity contribution is -0.138. The van der Waals surface area contributed by atoms with E-state index in [-0.39, 0.29) is 0 Å². The summed E-state index contributed by atoms with van der Waals surface area (Å²) in [5.41, 5.74) is 1.21. The summed E-state index contributed by atoms with van der Waals surface area (Å²) in [7, 11) is 1.34. The molecule has 0 radical (unpaired) electrons. The van der Waals surface area contributed by atoms with Gasteiger partial charge in [-0.15, -0.1) is 11.8 Å². The summed E-state index contributed by atoms with van der Waals surface area (Å²) >= 11 is 10.7. The number of esters is 1. The molecule has 0 aromatic heterocycles. The van der Waals surface area contributed by atoms with Crippen LogP contribution in [0.4, 0.5) is 0 Å². The Morgan fingerprint density at radius 1 is 1.56 bits per heavy atom. The molecule has 0 bridgehead atoms. The lowest BCUT2D eigenvalue weighted by atomic mass is 10.2. The Morgan fingerprint density at radius 3 is 2.88 bits per heavy atom. The summed E-state index contributed by atoms with van der Waals surface area (Å²) in [6.07, 6.45) is 0.867. The quantitative estimate of drug-likeness (QED) is 0.613. The van der Waals surface area contributed by atoms with Crippen LogP contribution in [0.15, 0.2) is 28.7 Å². The molecule has 1 rings (SSSR count). The van der Waals surface area contributed by atoms with Crippen LogP contribution in [0.5, 0.6) is 0 Å². The number of thioether (sulfide) groups is 1. The molecule has 0 amide bonds. The molecule has 0 aliphatic carbocycles. The number of benzene rings is 1. The van der Waals surface area contributed by atoms with E-state index in [9.17, 15) is 4.79 Å². The van der Waals surface area contributed by atoms with Crippen molar-refractivity contribution in [3.05, 3.63) is 34.3 Å². The zero-order valence-electron chi connectivity index (χ0n) is 8.78. The van der Waals surface area contributed by atoms with Gasteiger partial charge in [0.05, 0.1) is 7.11 Å². The topological polar surface area (TPSA) is 26.3 Å². The third-order valence-corrected chi connectivity index (χ3v) is 4.23. The van der Waals surface area contributed by atoms with Crippen molar-refractivity contribution in [2.24, 2.45) is 0 Å². The van der Waals surface area contributed by atoms with E-state index in [0.29, 0.717) is 0 Å². The standard InChI is InChI=1S/C11H12BrClO2S/c1-15-11(14)10(13)16-7-6-8-4-2-3-5-9(8)12/h2-5,10H,6-7H2,1H3. The van der Waals surface area contributed by atoms with Crippen LogP contribution < -0.4 is 0 Å². The van der Waals surface area contributed by atoms with E-state index in [1.807, 2.05) is 24.3 Å². The highest BCUT2D eigenvalue weighted by molar-refractivity contribution is 9.10. The summed E-state index contributed by atoms with van der Waals surface area (Å²) in [5.74, 6) is 0.394. The van der Waals surface area contributed by atoms with Crippen LogP contribution >= 0.6 is 39.3 Å². The fraction of sp³-hybridized carbons (Fsp3) is 0.364. The zero-order chi connectivity index (χ0) is 12.0. The lowest BCUT2D eigenvalue weighted by Gasteiger charge is -2.07. The SMILES string of the molecule is COC(=O)C(Cl)SCCc1ccccc1Br. The summed E-state index contributed by atoms with van der Waals surface area (Å²) in [4.78, 5) is 11.0. The summed E-state index contributed by atoms with van der Waals surface area (Å²) in [6, 6.07) is 8.01. The van der Waals surface area contributed by atoms with Crippen molar-refractivity contribution in [1.29, 1.82) is 0 Å². The fourth-order valence-corrected chi connectivity index (χ4v) is 2.75. The number of halogens is 2. The number of rotatable bonds is 5. The van der Waals surface area contributed by atoms with Gasteiger partial charge in [-0.1, -0.05) is 45.7 Å². The summed E-state index contributed by atoms with van der Waals surface area (Å²) < 4.78 is 5.00. The van der Waals surface area contributed by atoms with Crippen LogP contribution in [0, 0.1) is 0 Å². The Hall–Kier alpha value is -0.190. The summed E-state index contributed by atoms with van der Waals surface area (Å²) in [5, 5.41) is 0. The monoisotopic (exact) mass is 322 g/mol. The fourth-order valence-electron chi connectivity index (χ4n) is 1.13. The molecule has 0 heterocycles. The highest BCUT2D eigenvalue weighted by atomic mass is 79.9. The molecule has 88 valence electrons. The van der Waals surface area contributed by atoms with E-state index in [0.717, 1.165) is 16.6 Å². The van der Waals surface area contributed by atoms with E-state index in [4.69, 9.17) is 11.6 Å². The first-order chi connectivity index (χ1) is 7.65. The van der Waals surface area contributed by atoms with Gasteiger partial charge in [0.2, 0.25) is 0 Å². The van der Waals surface area contributed by atoms with Crippen LogP contribution in [0.2, 0.25) is 0 Å². The van der Waals surface area contributed by atoms with Gasteiger partial charge >= 0.3 is 5.97 Å². The van der Waals surface area contributed by atoms with Crippen LogP contribution in [-0.2, 0) is 16.0 Å². The Morgan fingerprint density at radius 2 is 2.25 bits per heavy atom. The molecule has 16 heavy (non-hydrogen) atoms. The normalized spacial score (nSPS) is 12.2. The van der Waals surface area contributed by atoms with Crippen molar-refractivity contribution in [2.75, 3.05) is 12.9 Å². The Bertz CT molecular complexity index is 360. The van der Waals surface area contributed by atoms with E-state index < -0.39 is 10.7 Å². The highest BCUT2D eigenvalue weighted by Gasteiger charge is 2.15. The van der Waals surface area contributed by atoms with Crippen molar-refractivity contribution in [2.45, 2.75) is 11.1 Å². The first-order valence-electron chi connectivity index (χ1n) is 4.72. The molecule has 0 N–H and O–H groups in total. The van der Waals surface area contributed by atoms with Crippen LogP contribution in [0.3, 0.4) is 0 Å².